The van der Waals surface area contributed by atoms with Crippen molar-refractivity contribution >= 4 is 39.4 Å². The number of hydrogen-bond acceptors (Lipinski definition) is 1. The van der Waals surface area contributed by atoms with Crippen LogP contribution in [0.3, 0.4) is 0 Å². The van der Waals surface area contributed by atoms with Crippen LogP contribution in [-0.4, -0.2) is 10.5 Å². The first-order valence-electron chi connectivity index (χ1n) is 3.96. The Labute approximate surface area is 89.7 Å². The van der Waals surface area contributed by atoms with Crippen LogP contribution in [0.1, 0.15) is 11.7 Å². The first-order valence-corrected chi connectivity index (χ1v) is 5.04. The van der Waals surface area contributed by atoms with Crippen molar-refractivity contribution in [1.82, 2.24) is 4.57 Å². The maximum absolute atomic E-state index is 11.2. The number of nitrogens with zero attached hydrogens (tertiary/aromatic N) is 1. The number of carbonyl (C=O) groups excluding carboxylic acids is 1. The third kappa shape index (κ3) is 1.37. The summed E-state index contributed by atoms with van der Waals surface area (Å²) in [6.45, 7) is 1.57. The van der Waals surface area contributed by atoms with Gasteiger partial charge in [-0.15, -0.1) is 0 Å². The second kappa shape index (κ2) is 3.14. The second-order valence-corrected chi connectivity index (χ2v) is 4.04. The average Bonchev–Trinajstić information content (AvgIpc) is 2.49. The van der Waals surface area contributed by atoms with Crippen molar-refractivity contribution in [2.45, 2.75) is 6.92 Å². The molecule has 0 N–H and O–H groups in total. The number of rotatable bonds is 0. The highest BCUT2D eigenvalue weighted by atomic mass is 127. The Hall–Kier alpha value is -0.840. The highest BCUT2D eigenvalue weighted by molar-refractivity contribution is 14.1. The lowest BCUT2D eigenvalue weighted by Gasteiger charge is -2.00. The Morgan fingerprint density at radius 2 is 2.15 bits per heavy atom. The Balaban J connectivity index is 2.86. The average molecular weight is 285 g/mol. The minimum absolute atomic E-state index is 0.0547. The van der Waals surface area contributed by atoms with E-state index in [1.807, 2.05) is 30.5 Å². The standard InChI is InChI=1S/C10H8INO/c1-7(13)12-6-5-8-3-2-4-9(11)10(8)12/h2-6H,1H3. The third-order valence-corrected chi connectivity index (χ3v) is 2.87. The van der Waals surface area contributed by atoms with Crippen molar-refractivity contribution in [3.05, 3.63) is 34.0 Å². The van der Waals surface area contributed by atoms with Crippen LogP contribution in [0.4, 0.5) is 0 Å². The van der Waals surface area contributed by atoms with Crippen molar-refractivity contribution in [3.63, 3.8) is 0 Å². The van der Waals surface area contributed by atoms with Gasteiger partial charge in [0.1, 0.15) is 0 Å². The van der Waals surface area contributed by atoms with Gasteiger partial charge in [-0.3, -0.25) is 9.36 Å². The summed E-state index contributed by atoms with van der Waals surface area (Å²) in [6.07, 6.45) is 1.81. The highest BCUT2D eigenvalue weighted by Gasteiger charge is 2.06. The monoisotopic (exact) mass is 285 g/mol. The molecular formula is C10H8INO. The summed E-state index contributed by atoms with van der Waals surface area (Å²) < 4.78 is 2.78. The first-order chi connectivity index (χ1) is 6.20. The number of para-hydroxylation sites is 1. The predicted molar refractivity (Wildman–Crippen MR) is 61.0 cm³/mol. The van der Waals surface area contributed by atoms with Crippen molar-refractivity contribution in [2.24, 2.45) is 0 Å². The molecule has 0 spiro atoms. The molecule has 2 aromatic rings. The lowest BCUT2D eigenvalue weighted by molar-refractivity contribution is 0.0941. The maximum atomic E-state index is 11.2. The van der Waals surface area contributed by atoms with E-state index in [0.717, 1.165) is 14.5 Å². The van der Waals surface area contributed by atoms with Gasteiger partial charge in [0.2, 0.25) is 5.91 Å². The molecule has 1 heterocycles. The number of aromatic nitrogens is 1. The van der Waals surface area contributed by atoms with Gasteiger partial charge in [-0.2, -0.15) is 0 Å². The van der Waals surface area contributed by atoms with E-state index in [1.165, 1.54) is 0 Å². The Kier molecular flexibility index (Phi) is 2.11. The molecule has 0 saturated heterocycles. The summed E-state index contributed by atoms with van der Waals surface area (Å²) in [4.78, 5) is 11.2. The lowest BCUT2D eigenvalue weighted by atomic mass is 10.2. The van der Waals surface area contributed by atoms with E-state index in [9.17, 15) is 4.79 Å². The summed E-state index contributed by atoms with van der Waals surface area (Å²) >= 11 is 2.24. The van der Waals surface area contributed by atoms with Crippen molar-refractivity contribution < 1.29 is 4.79 Å². The van der Waals surface area contributed by atoms with E-state index in [2.05, 4.69) is 22.6 Å². The zero-order valence-corrected chi connectivity index (χ0v) is 9.28. The van der Waals surface area contributed by atoms with E-state index in [-0.39, 0.29) is 5.91 Å². The molecule has 2 nitrogen and oxygen atoms in total. The minimum atomic E-state index is 0.0547. The fraction of sp³-hybridized carbons (Fsp3) is 0.100. The van der Waals surface area contributed by atoms with E-state index in [0.29, 0.717) is 0 Å². The summed E-state index contributed by atoms with van der Waals surface area (Å²) in [7, 11) is 0. The van der Waals surface area contributed by atoms with Gasteiger partial charge >= 0.3 is 0 Å². The molecular weight excluding hydrogens is 277 g/mol. The van der Waals surface area contributed by atoms with Crippen LogP contribution in [0.5, 0.6) is 0 Å². The van der Waals surface area contributed by atoms with Crippen molar-refractivity contribution in [1.29, 1.82) is 0 Å². The van der Waals surface area contributed by atoms with Gasteiger partial charge in [0.05, 0.1) is 5.52 Å². The first kappa shape index (κ1) is 8.74. The number of hydrogen-bond donors (Lipinski definition) is 0. The third-order valence-electron chi connectivity index (χ3n) is 2.00. The van der Waals surface area contributed by atoms with Gasteiger partial charge in [-0.25, -0.2) is 0 Å². The Morgan fingerprint density at radius 1 is 1.38 bits per heavy atom. The number of carbonyl (C=O) groups is 1. The zero-order valence-electron chi connectivity index (χ0n) is 7.12. The molecule has 2 rings (SSSR count). The van der Waals surface area contributed by atoms with Crippen LogP contribution in [0.2, 0.25) is 0 Å². The summed E-state index contributed by atoms with van der Waals surface area (Å²) in [5.41, 5.74) is 1.01. The molecule has 0 saturated carbocycles. The molecule has 0 aliphatic heterocycles. The van der Waals surface area contributed by atoms with E-state index < -0.39 is 0 Å². The van der Waals surface area contributed by atoms with E-state index in [4.69, 9.17) is 0 Å². The maximum Gasteiger partial charge on any atom is 0.227 e. The van der Waals surface area contributed by atoms with E-state index in [1.54, 1.807) is 11.5 Å². The highest BCUT2D eigenvalue weighted by Crippen LogP contribution is 2.21. The van der Waals surface area contributed by atoms with Gasteiger partial charge < -0.3 is 0 Å². The Morgan fingerprint density at radius 3 is 2.85 bits per heavy atom. The lowest BCUT2D eigenvalue weighted by Crippen LogP contribution is -2.03. The summed E-state index contributed by atoms with van der Waals surface area (Å²) in [6, 6.07) is 7.97. The number of fused-ring (bicyclic) bond motifs is 1. The molecule has 0 aliphatic carbocycles. The zero-order chi connectivity index (χ0) is 9.42. The van der Waals surface area contributed by atoms with Gasteiger partial charge in [0, 0.05) is 22.1 Å². The molecule has 13 heavy (non-hydrogen) atoms. The predicted octanol–water partition coefficient (Wildman–Crippen LogP) is 2.91. The van der Waals surface area contributed by atoms with Crippen LogP contribution in [-0.2, 0) is 0 Å². The molecule has 1 aromatic carbocycles. The fourth-order valence-corrected chi connectivity index (χ4v) is 2.19. The number of benzene rings is 1. The topological polar surface area (TPSA) is 22.0 Å². The molecule has 0 amide bonds. The molecule has 0 aliphatic rings. The van der Waals surface area contributed by atoms with Gasteiger partial charge in [-0.1, -0.05) is 12.1 Å². The van der Waals surface area contributed by atoms with Gasteiger partial charge in [0.25, 0.3) is 0 Å². The molecule has 0 bridgehead atoms. The summed E-state index contributed by atoms with van der Waals surface area (Å²) in [5.74, 6) is 0.0547. The molecule has 66 valence electrons. The quantitative estimate of drug-likeness (QED) is 0.682. The van der Waals surface area contributed by atoms with Crippen LogP contribution >= 0.6 is 22.6 Å². The SMILES string of the molecule is CC(=O)n1ccc2cccc(I)c21. The molecule has 0 unspecified atom stereocenters. The Bertz CT molecular complexity index is 473. The normalized spacial score (nSPS) is 10.6. The van der Waals surface area contributed by atoms with Gasteiger partial charge in [-0.05, 0) is 34.7 Å². The minimum Gasteiger partial charge on any atom is -0.286 e. The molecule has 0 radical (unpaired) electrons. The van der Waals surface area contributed by atoms with Crippen LogP contribution in [0.15, 0.2) is 30.5 Å². The smallest absolute Gasteiger partial charge is 0.227 e. The molecule has 0 fully saturated rings. The molecule has 1 aromatic heterocycles. The van der Waals surface area contributed by atoms with Crippen molar-refractivity contribution in [2.75, 3.05) is 0 Å². The van der Waals surface area contributed by atoms with Gasteiger partial charge in [0.15, 0.2) is 0 Å². The number of halogens is 1. The van der Waals surface area contributed by atoms with Crippen LogP contribution in [0.25, 0.3) is 10.9 Å². The van der Waals surface area contributed by atoms with Crippen LogP contribution < -0.4 is 0 Å². The van der Waals surface area contributed by atoms with E-state index >= 15 is 0 Å². The molecule has 0 atom stereocenters. The molecule has 3 heteroatoms. The second-order valence-electron chi connectivity index (χ2n) is 2.88. The summed E-state index contributed by atoms with van der Waals surface area (Å²) in [5, 5.41) is 1.11. The fourth-order valence-electron chi connectivity index (χ4n) is 1.41. The largest absolute Gasteiger partial charge is 0.286 e. The van der Waals surface area contributed by atoms with Crippen LogP contribution in [0, 0.1) is 3.57 Å². The van der Waals surface area contributed by atoms with Crippen molar-refractivity contribution in [3.8, 4) is 0 Å².